The standard InChI is InChI=1S/C28H39FO/c1-3-4-5-6-7-8-20-9-10-22-16-23(12-11-21(22)15-20)24-13-14-25-17-26(30-2)19-28(29)27(25)18-24/h13-14,17-23H,3-12,15-16H2,1-2H3/t20?,21-,22?,23-/m1/s1. The third-order valence-corrected chi connectivity index (χ3v) is 8.05. The van der Waals surface area contributed by atoms with Crippen LogP contribution in [0.3, 0.4) is 0 Å². The second kappa shape index (κ2) is 10.2. The van der Waals surface area contributed by atoms with Crippen LogP contribution >= 0.6 is 0 Å². The van der Waals surface area contributed by atoms with Crippen molar-refractivity contribution in [2.75, 3.05) is 7.11 Å². The number of rotatable bonds is 8. The molecule has 2 aliphatic rings. The monoisotopic (exact) mass is 410 g/mol. The lowest BCUT2D eigenvalue weighted by Crippen LogP contribution is -2.30. The topological polar surface area (TPSA) is 9.23 Å². The molecule has 1 nitrogen and oxygen atoms in total. The number of ether oxygens (including phenoxy) is 1. The molecule has 2 unspecified atom stereocenters. The van der Waals surface area contributed by atoms with Gasteiger partial charge in [-0.3, -0.25) is 0 Å². The van der Waals surface area contributed by atoms with Gasteiger partial charge in [-0.15, -0.1) is 0 Å². The molecular weight excluding hydrogens is 371 g/mol. The molecule has 0 aromatic heterocycles. The van der Waals surface area contributed by atoms with Crippen LogP contribution in [0, 0.1) is 23.6 Å². The highest BCUT2D eigenvalue weighted by molar-refractivity contribution is 5.85. The predicted octanol–water partition coefficient (Wildman–Crippen LogP) is 8.65. The van der Waals surface area contributed by atoms with Gasteiger partial charge in [0, 0.05) is 11.5 Å². The molecule has 4 atom stereocenters. The average molecular weight is 411 g/mol. The molecule has 0 radical (unpaired) electrons. The van der Waals surface area contributed by atoms with Crippen molar-refractivity contribution in [3.63, 3.8) is 0 Å². The number of unbranched alkanes of at least 4 members (excludes halogenated alkanes) is 4. The van der Waals surface area contributed by atoms with Crippen molar-refractivity contribution in [1.29, 1.82) is 0 Å². The van der Waals surface area contributed by atoms with Gasteiger partial charge in [-0.1, -0.05) is 64.0 Å². The summed E-state index contributed by atoms with van der Waals surface area (Å²) in [5, 5.41) is 1.67. The van der Waals surface area contributed by atoms with E-state index < -0.39 is 0 Å². The van der Waals surface area contributed by atoms with E-state index >= 15 is 0 Å². The molecule has 0 bridgehead atoms. The van der Waals surface area contributed by atoms with Gasteiger partial charge in [-0.25, -0.2) is 4.39 Å². The number of methoxy groups -OCH3 is 1. The molecule has 4 rings (SSSR count). The average Bonchev–Trinajstić information content (AvgIpc) is 2.78. The quantitative estimate of drug-likeness (QED) is 0.396. The normalized spacial score (nSPS) is 26.5. The lowest BCUT2D eigenvalue weighted by atomic mass is 9.63. The Morgan fingerprint density at radius 2 is 1.70 bits per heavy atom. The van der Waals surface area contributed by atoms with Gasteiger partial charge >= 0.3 is 0 Å². The van der Waals surface area contributed by atoms with Crippen molar-refractivity contribution < 1.29 is 9.13 Å². The molecule has 30 heavy (non-hydrogen) atoms. The molecule has 2 aromatic carbocycles. The zero-order valence-corrected chi connectivity index (χ0v) is 19.0. The number of hydrogen-bond acceptors (Lipinski definition) is 1. The first kappa shape index (κ1) is 21.7. The molecule has 2 heteroatoms. The summed E-state index contributed by atoms with van der Waals surface area (Å²) in [5.41, 5.74) is 1.34. The van der Waals surface area contributed by atoms with Crippen LogP contribution in [-0.2, 0) is 0 Å². The first-order valence-electron chi connectivity index (χ1n) is 12.4. The van der Waals surface area contributed by atoms with E-state index in [1.807, 2.05) is 6.07 Å². The number of benzene rings is 2. The Kier molecular flexibility index (Phi) is 7.33. The van der Waals surface area contributed by atoms with Crippen molar-refractivity contribution in [3.05, 3.63) is 41.7 Å². The van der Waals surface area contributed by atoms with Crippen LogP contribution in [0.1, 0.15) is 95.5 Å². The van der Waals surface area contributed by atoms with E-state index in [1.165, 1.54) is 88.7 Å². The second-order valence-electron chi connectivity index (χ2n) is 10.0. The van der Waals surface area contributed by atoms with Crippen LogP contribution in [0.4, 0.5) is 4.39 Å². The first-order chi connectivity index (χ1) is 14.7. The molecular formula is C28H39FO. The lowest BCUT2D eigenvalue weighted by molar-refractivity contribution is 0.113. The third kappa shape index (κ3) is 5.01. The molecule has 2 fully saturated rings. The summed E-state index contributed by atoms with van der Waals surface area (Å²) in [6.45, 7) is 2.29. The molecule has 2 saturated carbocycles. The Bertz CT molecular complexity index is 829. The molecule has 0 heterocycles. The Morgan fingerprint density at radius 1 is 0.900 bits per heavy atom. The summed E-state index contributed by atoms with van der Waals surface area (Å²) in [6.07, 6.45) is 16.8. The van der Waals surface area contributed by atoms with Gasteiger partial charge in [0.2, 0.25) is 0 Å². The molecule has 0 amide bonds. The van der Waals surface area contributed by atoms with Gasteiger partial charge in [0.15, 0.2) is 0 Å². The van der Waals surface area contributed by atoms with E-state index in [4.69, 9.17) is 4.74 Å². The van der Waals surface area contributed by atoms with Gasteiger partial charge in [0.25, 0.3) is 0 Å². The molecule has 0 aliphatic heterocycles. The summed E-state index contributed by atoms with van der Waals surface area (Å²) >= 11 is 0. The fourth-order valence-corrected chi connectivity index (χ4v) is 6.26. The largest absolute Gasteiger partial charge is 0.497 e. The van der Waals surface area contributed by atoms with Gasteiger partial charge in [-0.2, -0.15) is 0 Å². The zero-order valence-electron chi connectivity index (χ0n) is 19.0. The van der Waals surface area contributed by atoms with Gasteiger partial charge in [0.05, 0.1) is 7.11 Å². The minimum absolute atomic E-state index is 0.167. The smallest absolute Gasteiger partial charge is 0.134 e. The Balaban J connectivity index is 1.34. The van der Waals surface area contributed by atoms with Crippen molar-refractivity contribution in [2.24, 2.45) is 17.8 Å². The molecule has 2 aromatic rings. The fourth-order valence-electron chi connectivity index (χ4n) is 6.26. The van der Waals surface area contributed by atoms with Crippen LogP contribution < -0.4 is 4.74 Å². The van der Waals surface area contributed by atoms with Crippen LogP contribution in [0.5, 0.6) is 5.75 Å². The maximum atomic E-state index is 14.6. The van der Waals surface area contributed by atoms with Crippen LogP contribution in [0.15, 0.2) is 30.3 Å². The summed E-state index contributed by atoms with van der Waals surface area (Å²) in [4.78, 5) is 0. The van der Waals surface area contributed by atoms with Crippen LogP contribution in [0.2, 0.25) is 0 Å². The Morgan fingerprint density at radius 3 is 2.53 bits per heavy atom. The maximum Gasteiger partial charge on any atom is 0.134 e. The predicted molar refractivity (Wildman–Crippen MR) is 125 cm³/mol. The first-order valence-corrected chi connectivity index (χ1v) is 12.4. The number of hydrogen-bond donors (Lipinski definition) is 0. The van der Waals surface area contributed by atoms with E-state index in [0.29, 0.717) is 11.7 Å². The SMILES string of the molecule is CCCCCCCC1CCC2C[C@H](c3ccc4cc(OC)cc(F)c4c3)CC[C@@H]2C1. The van der Waals surface area contributed by atoms with E-state index in [1.54, 1.807) is 7.11 Å². The van der Waals surface area contributed by atoms with Gasteiger partial charge in [-0.05, 0) is 78.9 Å². The molecule has 0 spiro atoms. The summed E-state index contributed by atoms with van der Waals surface area (Å²) in [6, 6.07) is 9.86. The molecule has 164 valence electrons. The maximum absolute atomic E-state index is 14.6. The number of fused-ring (bicyclic) bond motifs is 2. The molecule has 0 saturated heterocycles. The van der Waals surface area contributed by atoms with Gasteiger partial charge in [0.1, 0.15) is 11.6 Å². The summed E-state index contributed by atoms with van der Waals surface area (Å²) in [5.74, 6) is 3.83. The van der Waals surface area contributed by atoms with E-state index in [0.717, 1.165) is 28.5 Å². The van der Waals surface area contributed by atoms with Crippen LogP contribution in [0.25, 0.3) is 10.8 Å². The van der Waals surface area contributed by atoms with Crippen molar-refractivity contribution in [1.82, 2.24) is 0 Å². The highest BCUT2D eigenvalue weighted by atomic mass is 19.1. The third-order valence-electron chi connectivity index (χ3n) is 8.05. The van der Waals surface area contributed by atoms with Crippen molar-refractivity contribution in [2.45, 2.75) is 89.9 Å². The lowest BCUT2D eigenvalue weighted by Gasteiger charge is -2.42. The highest BCUT2D eigenvalue weighted by Gasteiger charge is 2.35. The van der Waals surface area contributed by atoms with E-state index in [2.05, 4.69) is 25.1 Å². The Labute approximate surface area is 182 Å². The summed E-state index contributed by atoms with van der Waals surface area (Å²) < 4.78 is 19.8. The summed E-state index contributed by atoms with van der Waals surface area (Å²) in [7, 11) is 1.59. The number of halogens is 1. The zero-order chi connectivity index (χ0) is 20.9. The fraction of sp³-hybridized carbons (Fsp3) is 0.643. The minimum atomic E-state index is -0.167. The molecule has 0 N–H and O–H groups in total. The molecule has 2 aliphatic carbocycles. The van der Waals surface area contributed by atoms with Crippen molar-refractivity contribution in [3.8, 4) is 5.75 Å². The van der Waals surface area contributed by atoms with E-state index in [-0.39, 0.29) is 5.82 Å². The van der Waals surface area contributed by atoms with Gasteiger partial charge < -0.3 is 4.74 Å². The van der Waals surface area contributed by atoms with Crippen molar-refractivity contribution >= 4 is 10.8 Å². The van der Waals surface area contributed by atoms with Crippen LogP contribution in [-0.4, -0.2) is 7.11 Å². The minimum Gasteiger partial charge on any atom is -0.497 e. The second-order valence-corrected chi connectivity index (χ2v) is 10.0. The Hall–Kier alpha value is -1.57. The van der Waals surface area contributed by atoms with E-state index in [9.17, 15) is 4.39 Å². The highest BCUT2D eigenvalue weighted by Crippen LogP contribution is 2.48.